The SMILES string of the molecule is CCc1sc(-c2nnc(CN3Cc4ccccc4C[C@H]3C(N)=O)o2)cc1C. The first-order valence-electron chi connectivity index (χ1n) is 9.07. The maximum Gasteiger partial charge on any atom is 0.257 e. The van der Waals surface area contributed by atoms with Gasteiger partial charge >= 0.3 is 0 Å². The van der Waals surface area contributed by atoms with Crippen LogP contribution in [0.15, 0.2) is 34.7 Å². The molecule has 140 valence electrons. The zero-order valence-corrected chi connectivity index (χ0v) is 16.3. The summed E-state index contributed by atoms with van der Waals surface area (Å²) in [6.45, 7) is 5.28. The Morgan fingerprint density at radius 1 is 1.33 bits per heavy atom. The van der Waals surface area contributed by atoms with Crippen molar-refractivity contribution in [3.05, 3.63) is 57.8 Å². The minimum absolute atomic E-state index is 0.328. The highest BCUT2D eigenvalue weighted by Gasteiger charge is 2.31. The molecule has 0 unspecified atom stereocenters. The first-order valence-corrected chi connectivity index (χ1v) is 9.89. The molecule has 2 aromatic heterocycles. The first-order chi connectivity index (χ1) is 13.0. The number of nitrogens with zero attached hydrogens (tertiary/aromatic N) is 3. The summed E-state index contributed by atoms with van der Waals surface area (Å²) in [6, 6.07) is 9.86. The Hall–Kier alpha value is -2.51. The Labute approximate surface area is 162 Å². The molecule has 0 aliphatic carbocycles. The van der Waals surface area contributed by atoms with Crippen molar-refractivity contribution in [2.24, 2.45) is 5.73 Å². The van der Waals surface area contributed by atoms with Crippen molar-refractivity contribution in [3.63, 3.8) is 0 Å². The molecule has 7 heteroatoms. The van der Waals surface area contributed by atoms with Gasteiger partial charge in [-0.1, -0.05) is 31.2 Å². The van der Waals surface area contributed by atoms with Crippen LogP contribution < -0.4 is 5.73 Å². The van der Waals surface area contributed by atoms with Gasteiger partial charge in [-0.3, -0.25) is 9.69 Å². The van der Waals surface area contributed by atoms with Gasteiger partial charge in [0.1, 0.15) is 0 Å². The highest BCUT2D eigenvalue weighted by atomic mass is 32.1. The molecule has 1 aliphatic rings. The fourth-order valence-electron chi connectivity index (χ4n) is 3.59. The number of aryl methyl sites for hydroxylation is 2. The van der Waals surface area contributed by atoms with E-state index < -0.39 is 0 Å². The molecular formula is C20H22N4O2S. The lowest BCUT2D eigenvalue weighted by Crippen LogP contribution is -2.48. The number of thiophene rings is 1. The van der Waals surface area contributed by atoms with Crippen molar-refractivity contribution in [1.82, 2.24) is 15.1 Å². The highest BCUT2D eigenvalue weighted by molar-refractivity contribution is 7.15. The van der Waals surface area contributed by atoms with E-state index in [-0.39, 0.29) is 11.9 Å². The molecule has 1 aliphatic heterocycles. The van der Waals surface area contributed by atoms with Crippen LogP contribution in [-0.2, 0) is 30.7 Å². The molecule has 0 saturated heterocycles. The van der Waals surface area contributed by atoms with Gasteiger partial charge < -0.3 is 10.2 Å². The van der Waals surface area contributed by atoms with E-state index in [2.05, 4.69) is 42.2 Å². The summed E-state index contributed by atoms with van der Waals surface area (Å²) in [5.74, 6) is 0.705. The van der Waals surface area contributed by atoms with Gasteiger partial charge in [-0.05, 0) is 42.5 Å². The predicted molar refractivity (Wildman–Crippen MR) is 104 cm³/mol. The van der Waals surface area contributed by atoms with Crippen LogP contribution in [0.25, 0.3) is 10.8 Å². The van der Waals surface area contributed by atoms with Gasteiger partial charge in [-0.2, -0.15) is 0 Å². The summed E-state index contributed by atoms with van der Waals surface area (Å²) in [4.78, 5) is 16.3. The number of benzene rings is 1. The zero-order valence-electron chi connectivity index (χ0n) is 15.4. The van der Waals surface area contributed by atoms with Gasteiger partial charge in [-0.25, -0.2) is 0 Å². The molecule has 0 bridgehead atoms. The average molecular weight is 382 g/mol. The molecule has 1 amide bonds. The zero-order chi connectivity index (χ0) is 19.0. The lowest BCUT2D eigenvalue weighted by atomic mass is 9.93. The first kappa shape index (κ1) is 17.9. The summed E-state index contributed by atoms with van der Waals surface area (Å²) in [6.07, 6.45) is 1.60. The maximum absolute atomic E-state index is 12.0. The molecule has 2 N–H and O–H groups in total. The monoisotopic (exact) mass is 382 g/mol. The van der Waals surface area contributed by atoms with Crippen LogP contribution >= 0.6 is 11.3 Å². The van der Waals surface area contributed by atoms with E-state index >= 15 is 0 Å². The number of fused-ring (bicyclic) bond motifs is 1. The number of hydrogen-bond acceptors (Lipinski definition) is 6. The third-order valence-electron chi connectivity index (χ3n) is 5.03. The second-order valence-electron chi connectivity index (χ2n) is 6.87. The van der Waals surface area contributed by atoms with Crippen LogP contribution in [0.3, 0.4) is 0 Å². The van der Waals surface area contributed by atoms with Crippen LogP contribution in [0.1, 0.15) is 34.4 Å². The van der Waals surface area contributed by atoms with Crippen LogP contribution in [0.5, 0.6) is 0 Å². The van der Waals surface area contributed by atoms with E-state index in [1.54, 1.807) is 11.3 Å². The Morgan fingerprint density at radius 2 is 2.11 bits per heavy atom. The molecule has 0 fully saturated rings. The topological polar surface area (TPSA) is 85.3 Å². The third-order valence-corrected chi connectivity index (χ3v) is 6.40. The Balaban J connectivity index is 1.56. The van der Waals surface area contributed by atoms with Gasteiger partial charge in [-0.15, -0.1) is 21.5 Å². The molecule has 0 spiro atoms. The number of aromatic nitrogens is 2. The lowest BCUT2D eigenvalue weighted by Gasteiger charge is -2.33. The normalized spacial score (nSPS) is 17.0. The van der Waals surface area contributed by atoms with E-state index in [0.717, 1.165) is 11.3 Å². The molecule has 0 radical (unpaired) electrons. The van der Waals surface area contributed by atoms with Crippen LogP contribution in [0.2, 0.25) is 0 Å². The molecular weight excluding hydrogens is 360 g/mol. The maximum atomic E-state index is 12.0. The molecule has 3 aromatic rings. The minimum Gasteiger partial charge on any atom is -0.419 e. The summed E-state index contributed by atoms with van der Waals surface area (Å²) in [5.41, 5.74) is 9.28. The Kier molecular flexibility index (Phi) is 4.80. The van der Waals surface area contributed by atoms with E-state index in [0.29, 0.717) is 31.3 Å². The fraction of sp³-hybridized carbons (Fsp3) is 0.350. The third kappa shape index (κ3) is 3.52. The Morgan fingerprint density at radius 3 is 2.81 bits per heavy atom. The van der Waals surface area contributed by atoms with E-state index in [9.17, 15) is 4.79 Å². The molecule has 27 heavy (non-hydrogen) atoms. The standard InChI is InChI=1S/C20H22N4O2S/c1-3-16-12(2)8-17(27-16)20-23-22-18(26-20)11-24-10-14-7-5-4-6-13(14)9-15(24)19(21)25/h4-8,15H,3,9-11H2,1-2H3,(H2,21,25)/t15-/m0/s1. The van der Waals surface area contributed by atoms with Crippen molar-refractivity contribution < 1.29 is 9.21 Å². The summed E-state index contributed by atoms with van der Waals surface area (Å²) in [7, 11) is 0. The lowest BCUT2D eigenvalue weighted by molar-refractivity contribution is -0.124. The van der Waals surface area contributed by atoms with Crippen LogP contribution in [0, 0.1) is 6.92 Å². The number of rotatable bonds is 5. The molecule has 3 heterocycles. The molecule has 1 atom stereocenters. The highest BCUT2D eigenvalue weighted by Crippen LogP contribution is 2.31. The number of carbonyl (C=O) groups excluding carboxylic acids is 1. The molecule has 1 aromatic carbocycles. The molecule has 6 nitrogen and oxygen atoms in total. The van der Waals surface area contributed by atoms with Crippen molar-refractivity contribution >= 4 is 17.2 Å². The smallest absolute Gasteiger partial charge is 0.257 e. The largest absolute Gasteiger partial charge is 0.419 e. The van der Waals surface area contributed by atoms with Gasteiger partial charge in [0, 0.05) is 11.4 Å². The van der Waals surface area contributed by atoms with Gasteiger partial charge in [0.05, 0.1) is 17.5 Å². The fourth-order valence-corrected chi connectivity index (χ4v) is 4.63. The van der Waals surface area contributed by atoms with Gasteiger partial charge in [0.15, 0.2) is 0 Å². The van der Waals surface area contributed by atoms with E-state index in [1.807, 2.05) is 17.0 Å². The van der Waals surface area contributed by atoms with Crippen molar-refractivity contribution in [1.29, 1.82) is 0 Å². The number of amides is 1. The molecule has 0 saturated carbocycles. The summed E-state index contributed by atoms with van der Waals surface area (Å²) < 4.78 is 5.90. The second kappa shape index (κ2) is 7.25. The predicted octanol–water partition coefficient (Wildman–Crippen LogP) is 3.08. The van der Waals surface area contributed by atoms with Gasteiger partial charge in [0.2, 0.25) is 11.8 Å². The number of hydrogen-bond donors (Lipinski definition) is 1. The van der Waals surface area contributed by atoms with Gasteiger partial charge in [0.25, 0.3) is 5.89 Å². The van der Waals surface area contributed by atoms with E-state index in [1.165, 1.54) is 21.6 Å². The van der Waals surface area contributed by atoms with Crippen molar-refractivity contribution in [2.45, 2.75) is 45.8 Å². The minimum atomic E-state index is -0.370. The average Bonchev–Trinajstić information content (AvgIpc) is 3.27. The quantitative estimate of drug-likeness (QED) is 0.733. The van der Waals surface area contributed by atoms with Crippen LogP contribution in [-0.4, -0.2) is 27.0 Å². The number of carbonyl (C=O) groups is 1. The van der Waals surface area contributed by atoms with Crippen molar-refractivity contribution in [3.8, 4) is 10.8 Å². The number of primary amides is 1. The van der Waals surface area contributed by atoms with E-state index in [4.69, 9.17) is 10.2 Å². The summed E-state index contributed by atoms with van der Waals surface area (Å²) in [5, 5.41) is 8.40. The number of nitrogens with two attached hydrogens (primary N) is 1. The Bertz CT molecular complexity index is 978. The summed E-state index contributed by atoms with van der Waals surface area (Å²) >= 11 is 1.68. The van der Waals surface area contributed by atoms with Crippen LogP contribution in [0.4, 0.5) is 0 Å². The second-order valence-corrected chi connectivity index (χ2v) is 8.00. The van der Waals surface area contributed by atoms with Crippen molar-refractivity contribution in [2.75, 3.05) is 0 Å². The molecule has 4 rings (SSSR count).